The van der Waals surface area contributed by atoms with Crippen LogP contribution in [0.2, 0.25) is 0 Å². The largest absolute Gasteiger partial charge is 0.206 e. The third kappa shape index (κ3) is 1.51. The molecule has 0 unspecified atom stereocenters. The summed E-state index contributed by atoms with van der Waals surface area (Å²) < 4.78 is 14.5. The molecule has 2 rings (SSSR count). The van der Waals surface area contributed by atoms with Crippen LogP contribution < -0.4 is 0 Å². The highest BCUT2D eigenvalue weighted by atomic mass is 79.9. The molecule has 0 atom stereocenters. The molecule has 0 aliphatic carbocycles. The van der Waals surface area contributed by atoms with Crippen molar-refractivity contribution in [2.24, 2.45) is 0 Å². The Hall–Kier alpha value is -0.410. The van der Waals surface area contributed by atoms with Crippen molar-refractivity contribution in [2.45, 2.75) is 12.3 Å². The Labute approximate surface area is 88.5 Å². The maximum Gasteiger partial charge on any atom is 0.132 e. The van der Waals surface area contributed by atoms with Crippen molar-refractivity contribution in [3.63, 3.8) is 0 Å². The van der Waals surface area contributed by atoms with Gasteiger partial charge in [0.2, 0.25) is 0 Å². The summed E-state index contributed by atoms with van der Waals surface area (Å²) in [5.41, 5.74) is 2.02. The van der Waals surface area contributed by atoms with Crippen LogP contribution in [0.4, 0.5) is 4.39 Å². The van der Waals surface area contributed by atoms with E-state index >= 15 is 0 Å². The molecule has 0 saturated carbocycles. The Morgan fingerprint density at radius 3 is 2.92 bits per heavy atom. The zero-order valence-electron chi connectivity index (χ0n) is 7.10. The van der Waals surface area contributed by atoms with Crippen molar-refractivity contribution in [1.82, 2.24) is 0 Å². The lowest BCUT2D eigenvalue weighted by Gasteiger charge is -1.98. The van der Waals surface area contributed by atoms with E-state index in [1.165, 1.54) is 0 Å². The smallest absolute Gasteiger partial charge is 0.132 e. The molecule has 1 aromatic heterocycles. The summed E-state index contributed by atoms with van der Waals surface area (Å²) in [4.78, 5) is 0. The van der Waals surface area contributed by atoms with Gasteiger partial charge in [0.05, 0.1) is 0 Å². The first-order chi connectivity index (χ1) is 6.22. The van der Waals surface area contributed by atoms with Gasteiger partial charge in [0, 0.05) is 15.4 Å². The highest BCUT2D eigenvalue weighted by Crippen LogP contribution is 2.29. The lowest BCUT2D eigenvalue weighted by atomic mass is 10.1. The number of fused-ring (bicyclic) bond motifs is 1. The van der Waals surface area contributed by atoms with Crippen LogP contribution in [0, 0.1) is 12.7 Å². The normalized spacial score (nSPS) is 11.0. The maximum absolute atomic E-state index is 13.5. The van der Waals surface area contributed by atoms with E-state index in [-0.39, 0.29) is 5.82 Å². The monoisotopic (exact) mass is 258 g/mol. The van der Waals surface area contributed by atoms with Crippen molar-refractivity contribution in [2.75, 3.05) is 0 Å². The molecule has 2 aromatic rings. The maximum atomic E-state index is 13.5. The van der Waals surface area contributed by atoms with E-state index < -0.39 is 0 Å². The second-order valence-electron chi connectivity index (χ2n) is 3.00. The van der Waals surface area contributed by atoms with Crippen LogP contribution in [0.25, 0.3) is 10.1 Å². The Kier molecular flexibility index (Phi) is 2.39. The van der Waals surface area contributed by atoms with Gasteiger partial charge in [0.25, 0.3) is 0 Å². The van der Waals surface area contributed by atoms with Gasteiger partial charge in [-0.15, -0.1) is 11.3 Å². The van der Waals surface area contributed by atoms with Crippen molar-refractivity contribution in [1.29, 1.82) is 0 Å². The molecule has 3 heteroatoms. The molecule has 0 amide bonds. The lowest BCUT2D eigenvalue weighted by Crippen LogP contribution is -1.82. The SMILES string of the molecule is Cc1csc2cc(CBr)cc(F)c12. The van der Waals surface area contributed by atoms with E-state index in [2.05, 4.69) is 15.9 Å². The van der Waals surface area contributed by atoms with Gasteiger partial charge in [-0.3, -0.25) is 0 Å². The fraction of sp³-hybridized carbons (Fsp3) is 0.200. The quantitative estimate of drug-likeness (QED) is 0.672. The van der Waals surface area contributed by atoms with E-state index in [4.69, 9.17) is 0 Å². The average molecular weight is 259 g/mol. The average Bonchev–Trinajstić information content (AvgIpc) is 2.48. The summed E-state index contributed by atoms with van der Waals surface area (Å²) in [5.74, 6) is -0.106. The highest BCUT2D eigenvalue weighted by Gasteiger charge is 2.07. The van der Waals surface area contributed by atoms with Crippen LogP contribution in [-0.2, 0) is 5.33 Å². The molecule has 68 valence electrons. The van der Waals surface area contributed by atoms with Gasteiger partial charge >= 0.3 is 0 Å². The minimum absolute atomic E-state index is 0.106. The number of rotatable bonds is 1. The van der Waals surface area contributed by atoms with E-state index in [1.807, 2.05) is 18.4 Å². The third-order valence-corrected chi connectivity index (χ3v) is 3.72. The summed E-state index contributed by atoms with van der Waals surface area (Å²) in [5, 5.41) is 3.47. The standard InChI is InChI=1S/C10H8BrFS/c1-6-5-13-9-3-7(4-11)2-8(12)10(6)9/h2-3,5H,4H2,1H3. The fourth-order valence-corrected chi connectivity index (χ4v) is 2.74. The third-order valence-electron chi connectivity index (χ3n) is 2.03. The summed E-state index contributed by atoms with van der Waals surface area (Å²) in [6.07, 6.45) is 0. The Morgan fingerprint density at radius 1 is 1.46 bits per heavy atom. The second-order valence-corrected chi connectivity index (χ2v) is 4.48. The predicted octanol–water partition coefficient (Wildman–Crippen LogP) is 4.24. The minimum Gasteiger partial charge on any atom is -0.206 e. The molecule has 0 fully saturated rings. The molecular formula is C10H8BrFS. The summed E-state index contributed by atoms with van der Waals surface area (Å²) in [7, 11) is 0. The molecule has 0 spiro atoms. The van der Waals surface area contributed by atoms with E-state index in [9.17, 15) is 4.39 Å². The Balaban J connectivity index is 2.79. The summed E-state index contributed by atoms with van der Waals surface area (Å²) >= 11 is 4.92. The highest BCUT2D eigenvalue weighted by molar-refractivity contribution is 9.08. The molecule has 0 saturated heterocycles. The molecule has 0 aliphatic heterocycles. The predicted molar refractivity (Wildman–Crippen MR) is 59.2 cm³/mol. The fourth-order valence-electron chi connectivity index (χ4n) is 1.40. The van der Waals surface area contributed by atoms with Gasteiger partial charge in [0.1, 0.15) is 5.82 Å². The van der Waals surface area contributed by atoms with Crippen molar-refractivity contribution < 1.29 is 4.39 Å². The first-order valence-corrected chi connectivity index (χ1v) is 5.94. The molecule has 0 N–H and O–H groups in total. The second kappa shape index (κ2) is 3.39. The lowest BCUT2D eigenvalue weighted by molar-refractivity contribution is 0.638. The van der Waals surface area contributed by atoms with Gasteiger partial charge < -0.3 is 0 Å². The summed E-state index contributed by atoms with van der Waals surface area (Å²) in [6, 6.07) is 3.63. The molecule has 1 heterocycles. The van der Waals surface area contributed by atoms with E-state index in [0.717, 1.165) is 21.2 Å². The van der Waals surface area contributed by atoms with Gasteiger partial charge in [-0.05, 0) is 35.6 Å². The van der Waals surface area contributed by atoms with E-state index in [1.54, 1.807) is 17.4 Å². The zero-order valence-corrected chi connectivity index (χ0v) is 9.51. The molecular weight excluding hydrogens is 251 g/mol. The Bertz CT molecular complexity index is 447. The van der Waals surface area contributed by atoms with Crippen LogP contribution in [0.1, 0.15) is 11.1 Å². The van der Waals surface area contributed by atoms with Crippen LogP contribution in [-0.4, -0.2) is 0 Å². The van der Waals surface area contributed by atoms with Gasteiger partial charge in [-0.2, -0.15) is 0 Å². The molecule has 0 aliphatic rings. The van der Waals surface area contributed by atoms with Gasteiger partial charge in [0.15, 0.2) is 0 Å². The number of benzene rings is 1. The number of aryl methyl sites for hydroxylation is 1. The molecule has 0 bridgehead atoms. The van der Waals surface area contributed by atoms with Crippen LogP contribution >= 0.6 is 27.3 Å². The first-order valence-electron chi connectivity index (χ1n) is 3.94. The molecule has 0 nitrogen and oxygen atoms in total. The number of hydrogen-bond acceptors (Lipinski definition) is 1. The van der Waals surface area contributed by atoms with Crippen molar-refractivity contribution in [3.8, 4) is 0 Å². The first kappa shape index (κ1) is 9.16. The molecule has 0 radical (unpaired) electrons. The number of alkyl halides is 1. The van der Waals surface area contributed by atoms with Gasteiger partial charge in [-0.25, -0.2) is 4.39 Å². The van der Waals surface area contributed by atoms with Gasteiger partial charge in [-0.1, -0.05) is 15.9 Å². The molecule has 13 heavy (non-hydrogen) atoms. The van der Waals surface area contributed by atoms with Crippen molar-refractivity contribution in [3.05, 3.63) is 34.5 Å². The van der Waals surface area contributed by atoms with Crippen LogP contribution in [0.3, 0.4) is 0 Å². The summed E-state index contributed by atoms with van der Waals surface area (Å²) in [6.45, 7) is 1.94. The number of halogens is 2. The Morgan fingerprint density at radius 2 is 2.23 bits per heavy atom. The van der Waals surface area contributed by atoms with E-state index in [0.29, 0.717) is 5.33 Å². The van der Waals surface area contributed by atoms with Crippen molar-refractivity contribution >= 4 is 37.4 Å². The zero-order chi connectivity index (χ0) is 9.42. The molecule has 1 aromatic carbocycles. The van der Waals surface area contributed by atoms with Crippen LogP contribution in [0.15, 0.2) is 17.5 Å². The number of thiophene rings is 1. The minimum atomic E-state index is -0.106. The topological polar surface area (TPSA) is 0 Å². The number of hydrogen-bond donors (Lipinski definition) is 0. The van der Waals surface area contributed by atoms with Crippen LogP contribution in [0.5, 0.6) is 0 Å².